The van der Waals surface area contributed by atoms with Crippen molar-refractivity contribution >= 4 is 0 Å². The van der Waals surface area contributed by atoms with Crippen LogP contribution in [0, 0.1) is 5.41 Å². The number of rotatable bonds is 7. The van der Waals surface area contributed by atoms with Crippen LogP contribution in [0.4, 0.5) is 0 Å². The van der Waals surface area contributed by atoms with Gasteiger partial charge in [0.05, 0.1) is 6.61 Å². The zero-order chi connectivity index (χ0) is 13.1. The largest absolute Gasteiger partial charge is 0.381 e. The van der Waals surface area contributed by atoms with Crippen LogP contribution in [0.2, 0.25) is 0 Å². The molecule has 0 bridgehead atoms. The molecule has 2 aliphatic rings. The minimum atomic E-state index is 0.223. The Labute approximate surface area is 114 Å². The number of nitrogens with one attached hydrogen (secondary N) is 1. The smallest absolute Gasteiger partial charge is 0.138 e. The fourth-order valence-corrected chi connectivity index (χ4v) is 2.80. The monoisotopic (exact) mass is 264 g/mol. The Hall–Kier alpha value is -0.940. The van der Waals surface area contributed by atoms with E-state index in [0.717, 1.165) is 57.4 Å². The van der Waals surface area contributed by atoms with Crippen molar-refractivity contribution < 1.29 is 4.74 Å². The van der Waals surface area contributed by atoms with E-state index in [-0.39, 0.29) is 5.41 Å². The first-order chi connectivity index (χ1) is 9.31. The van der Waals surface area contributed by atoms with Crippen molar-refractivity contribution in [2.24, 2.45) is 5.41 Å². The fraction of sp³-hybridized carbons (Fsp3) is 0.857. The minimum absolute atomic E-state index is 0.223. The molecule has 0 amide bonds. The highest BCUT2D eigenvalue weighted by Crippen LogP contribution is 2.33. The number of hydrogen-bond donors (Lipinski definition) is 1. The van der Waals surface area contributed by atoms with Gasteiger partial charge in [0.15, 0.2) is 0 Å². The lowest BCUT2D eigenvalue weighted by molar-refractivity contribution is 0.147. The topological polar surface area (TPSA) is 52.0 Å². The summed E-state index contributed by atoms with van der Waals surface area (Å²) in [5.74, 6) is 1.12. The van der Waals surface area contributed by atoms with Gasteiger partial charge in [0.25, 0.3) is 0 Å². The van der Waals surface area contributed by atoms with Crippen LogP contribution in [0.3, 0.4) is 0 Å². The Morgan fingerprint density at radius 3 is 3.11 bits per heavy atom. The molecule has 1 atom stereocenters. The van der Waals surface area contributed by atoms with Gasteiger partial charge in [0.2, 0.25) is 0 Å². The number of nitrogens with zero attached hydrogens (tertiary/aromatic N) is 3. The summed E-state index contributed by atoms with van der Waals surface area (Å²) < 4.78 is 7.72. The Bertz CT molecular complexity index is 407. The van der Waals surface area contributed by atoms with Gasteiger partial charge in [-0.15, -0.1) is 0 Å². The molecule has 1 aromatic rings. The van der Waals surface area contributed by atoms with E-state index in [2.05, 4.69) is 27.0 Å². The summed E-state index contributed by atoms with van der Waals surface area (Å²) in [6.07, 6.45) is 7.56. The van der Waals surface area contributed by atoms with E-state index in [9.17, 15) is 0 Å². The molecule has 1 aliphatic carbocycles. The Morgan fingerprint density at radius 2 is 2.42 bits per heavy atom. The Balaban J connectivity index is 1.67. The second-order valence-electron chi connectivity index (χ2n) is 6.03. The fourth-order valence-electron chi connectivity index (χ4n) is 2.80. The Kier molecular flexibility index (Phi) is 3.84. The molecule has 1 N–H and O–H groups in total. The first-order valence-corrected chi connectivity index (χ1v) is 7.49. The molecular weight excluding hydrogens is 240 g/mol. The highest BCUT2D eigenvalue weighted by molar-refractivity contribution is 4.98. The summed E-state index contributed by atoms with van der Waals surface area (Å²) in [6.45, 7) is 5.92. The lowest BCUT2D eigenvalue weighted by atomic mass is 9.83. The SMILES string of the molecule is CCCn1ncnc1CC1(CNC2CC2)CCOC1. The molecule has 1 unspecified atom stereocenters. The van der Waals surface area contributed by atoms with Crippen molar-refractivity contribution in [1.82, 2.24) is 20.1 Å². The molecule has 2 heterocycles. The predicted molar refractivity (Wildman–Crippen MR) is 72.9 cm³/mol. The average Bonchev–Trinajstić information content (AvgIpc) is 2.98. The molecule has 3 rings (SSSR count). The van der Waals surface area contributed by atoms with Gasteiger partial charge in [-0.05, 0) is 25.7 Å². The minimum Gasteiger partial charge on any atom is -0.381 e. The first kappa shape index (κ1) is 13.1. The number of aryl methyl sites for hydroxylation is 1. The van der Waals surface area contributed by atoms with Crippen molar-refractivity contribution in [3.8, 4) is 0 Å². The van der Waals surface area contributed by atoms with Crippen LogP contribution in [0.15, 0.2) is 6.33 Å². The molecular formula is C14H24N4O. The van der Waals surface area contributed by atoms with E-state index in [1.54, 1.807) is 6.33 Å². The van der Waals surface area contributed by atoms with E-state index in [1.807, 2.05) is 0 Å². The van der Waals surface area contributed by atoms with Crippen molar-refractivity contribution in [1.29, 1.82) is 0 Å². The van der Waals surface area contributed by atoms with Gasteiger partial charge >= 0.3 is 0 Å². The third-order valence-electron chi connectivity index (χ3n) is 4.19. The molecule has 0 aromatic carbocycles. The van der Waals surface area contributed by atoms with Crippen LogP contribution in [0.5, 0.6) is 0 Å². The summed E-state index contributed by atoms with van der Waals surface area (Å²) in [5, 5.41) is 8.00. The van der Waals surface area contributed by atoms with E-state index in [0.29, 0.717) is 0 Å². The number of aromatic nitrogens is 3. The van der Waals surface area contributed by atoms with Gasteiger partial charge in [-0.1, -0.05) is 6.92 Å². The molecule has 1 saturated carbocycles. The summed E-state index contributed by atoms with van der Waals surface area (Å²) in [6, 6.07) is 0.756. The predicted octanol–water partition coefficient (Wildman–Crippen LogP) is 1.39. The number of ether oxygens (including phenoxy) is 1. The highest BCUT2D eigenvalue weighted by atomic mass is 16.5. The van der Waals surface area contributed by atoms with E-state index in [1.165, 1.54) is 12.8 Å². The Morgan fingerprint density at radius 1 is 1.53 bits per heavy atom. The maximum atomic E-state index is 5.66. The van der Waals surface area contributed by atoms with E-state index < -0.39 is 0 Å². The van der Waals surface area contributed by atoms with E-state index >= 15 is 0 Å². The van der Waals surface area contributed by atoms with Gasteiger partial charge in [-0.2, -0.15) is 5.10 Å². The van der Waals surface area contributed by atoms with Gasteiger partial charge < -0.3 is 10.1 Å². The molecule has 0 spiro atoms. The van der Waals surface area contributed by atoms with E-state index in [4.69, 9.17) is 4.74 Å². The maximum absolute atomic E-state index is 5.66. The molecule has 1 aromatic heterocycles. The third-order valence-corrected chi connectivity index (χ3v) is 4.19. The lowest BCUT2D eigenvalue weighted by Gasteiger charge is -2.27. The molecule has 19 heavy (non-hydrogen) atoms. The summed E-state index contributed by atoms with van der Waals surface area (Å²) in [4.78, 5) is 4.45. The molecule has 5 heteroatoms. The molecule has 2 fully saturated rings. The molecule has 1 aliphatic heterocycles. The van der Waals surface area contributed by atoms with Crippen molar-refractivity contribution in [2.45, 2.75) is 51.6 Å². The lowest BCUT2D eigenvalue weighted by Crippen LogP contribution is -2.38. The quantitative estimate of drug-likeness (QED) is 0.808. The van der Waals surface area contributed by atoms with Crippen LogP contribution in [-0.4, -0.2) is 40.6 Å². The van der Waals surface area contributed by atoms with Gasteiger partial charge in [-0.3, -0.25) is 4.68 Å². The summed E-state index contributed by atoms with van der Waals surface area (Å²) >= 11 is 0. The highest BCUT2D eigenvalue weighted by Gasteiger charge is 2.37. The molecule has 0 radical (unpaired) electrons. The average molecular weight is 264 g/mol. The van der Waals surface area contributed by atoms with Gasteiger partial charge in [0.1, 0.15) is 12.2 Å². The van der Waals surface area contributed by atoms with Gasteiger partial charge in [-0.25, -0.2) is 4.98 Å². The van der Waals surface area contributed by atoms with Crippen molar-refractivity contribution in [3.63, 3.8) is 0 Å². The van der Waals surface area contributed by atoms with Crippen LogP contribution in [-0.2, 0) is 17.7 Å². The van der Waals surface area contributed by atoms with Gasteiger partial charge in [0, 0.05) is 37.6 Å². The second-order valence-corrected chi connectivity index (χ2v) is 6.03. The van der Waals surface area contributed by atoms with Crippen LogP contribution in [0.1, 0.15) is 38.4 Å². The standard InChI is InChI=1S/C14H24N4O/c1-2-6-18-13(16-11-17-18)8-14(5-7-19-10-14)9-15-12-3-4-12/h11-12,15H,2-10H2,1H3. The van der Waals surface area contributed by atoms with Crippen molar-refractivity contribution in [3.05, 3.63) is 12.2 Å². The second kappa shape index (κ2) is 5.59. The molecule has 106 valence electrons. The van der Waals surface area contributed by atoms with Crippen molar-refractivity contribution in [2.75, 3.05) is 19.8 Å². The zero-order valence-corrected chi connectivity index (χ0v) is 11.8. The van der Waals surface area contributed by atoms with Crippen LogP contribution < -0.4 is 5.32 Å². The summed E-state index contributed by atoms with van der Waals surface area (Å²) in [5.41, 5.74) is 0.223. The van der Waals surface area contributed by atoms with Crippen LogP contribution >= 0.6 is 0 Å². The molecule has 1 saturated heterocycles. The zero-order valence-electron chi connectivity index (χ0n) is 11.8. The number of hydrogen-bond acceptors (Lipinski definition) is 4. The third kappa shape index (κ3) is 3.15. The first-order valence-electron chi connectivity index (χ1n) is 7.49. The molecule has 5 nitrogen and oxygen atoms in total. The van der Waals surface area contributed by atoms with Crippen LogP contribution in [0.25, 0.3) is 0 Å². The summed E-state index contributed by atoms with van der Waals surface area (Å²) in [7, 11) is 0. The normalized spacial score (nSPS) is 27.0. The maximum Gasteiger partial charge on any atom is 0.138 e.